The number of allylic oxidation sites excluding steroid dienone is 4. The summed E-state index contributed by atoms with van der Waals surface area (Å²) in [5.41, 5.74) is 3.14. The van der Waals surface area contributed by atoms with E-state index in [1.54, 1.807) is 12.1 Å². The zero-order chi connectivity index (χ0) is 24.9. The third-order valence-corrected chi connectivity index (χ3v) is 8.01. The zero-order valence-electron chi connectivity index (χ0n) is 20.9. The van der Waals surface area contributed by atoms with Crippen molar-refractivity contribution in [3.05, 3.63) is 82.5 Å². The molecule has 0 nitrogen and oxygen atoms in total. The second-order valence-electron chi connectivity index (χ2n) is 10.3. The fourth-order valence-corrected chi connectivity index (χ4v) is 5.74. The summed E-state index contributed by atoms with van der Waals surface area (Å²) >= 11 is 0. The molecule has 4 heteroatoms. The maximum Gasteiger partial charge on any atom is 0.166 e. The molecule has 2 aromatic rings. The van der Waals surface area contributed by atoms with Crippen molar-refractivity contribution in [3.63, 3.8) is 0 Å². The first-order valence-electron chi connectivity index (χ1n) is 13.2. The summed E-state index contributed by atoms with van der Waals surface area (Å²) < 4.78 is 58.6. The first-order valence-corrected chi connectivity index (χ1v) is 13.2. The van der Waals surface area contributed by atoms with Crippen molar-refractivity contribution in [1.29, 1.82) is 0 Å². The van der Waals surface area contributed by atoms with E-state index in [0.29, 0.717) is 47.4 Å². The van der Waals surface area contributed by atoms with Crippen molar-refractivity contribution < 1.29 is 17.6 Å². The van der Waals surface area contributed by atoms with Gasteiger partial charge >= 0.3 is 0 Å². The van der Waals surface area contributed by atoms with Gasteiger partial charge in [-0.3, -0.25) is 0 Å². The van der Waals surface area contributed by atoms with Gasteiger partial charge in [0.05, 0.1) is 0 Å². The first-order chi connectivity index (χ1) is 16.9. The smallest absolute Gasteiger partial charge is 0.166 e. The van der Waals surface area contributed by atoms with Gasteiger partial charge < -0.3 is 0 Å². The lowest BCUT2D eigenvalue weighted by molar-refractivity contribution is 0.279. The SMILES string of the molecule is CCCc1ccc(-c2ccc(CCC3CCC(C4=CCC(CC)C(F)=C4F)CC3)c(F)c2F)cc1. The van der Waals surface area contributed by atoms with Gasteiger partial charge in [-0.2, -0.15) is 0 Å². The van der Waals surface area contributed by atoms with Gasteiger partial charge in [0.2, 0.25) is 0 Å². The fraction of sp³-hybridized carbons (Fsp3) is 0.484. The molecule has 0 saturated heterocycles. The highest BCUT2D eigenvalue weighted by Crippen LogP contribution is 2.43. The quantitative estimate of drug-likeness (QED) is 0.327. The van der Waals surface area contributed by atoms with Crippen molar-refractivity contribution in [1.82, 2.24) is 0 Å². The van der Waals surface area contributed by atoms with Crippen LogP contribution in [-0.2, 0) is 12.8 Å². The largest absolute Gasteiger partial charge is 0.208 e. The van der Waals surface area contributed by atoms with Crippen LogP contribution in [-0.4, -0.2) is 0 Å². The number of rotatable bonds is 8. The van der Waals surface area contributed by atoms with Crippen LogP contribution in [0.3, 0.4) is 0 Å². The summed E-state index contributed by atoms with van der Waals surface area (Å²) in [6, 6.07) is 11.1. The Bertz CT molecular complexity index is 1070. The maximum atomic E-state index is 14.9. The molecular weight excluding hydrogens is 448 g/mol. The average Bonchev–Trinajstić information content (AvgIpc) is 2.88. The Labute approximate surface area is 207 Å². The number of aryl methyl sites for hydroxylation is 2. The van der Waals surface area contributed by atoms with Crippen LogP contribution >= 0.6 is 0 Å². The molecule has 1 atom stereocenters. The Morgan fingerprint density at radius 2 is 1.51 bits per heavy atom. The van der Waals surface area contributed by atoms with E-state index in [1.165, 1.54) is 5.56 Å². The Morgan fingerprint density at radius 1 is 0.800 bits per heavy atom. The lowest BCUT2D eigenvalue weighted by Gasteiger charge is -2.31. The van der Waals surface area contributed by atoms with Crippen LogP contribution in [0.2, 0.25) is 0 Å². The highest BCUT2D eigenvalue weighted by molar-refractivity contribution is 5.65. The molecule has 2 aromatic carbocycles. The van der Waals surface area contributed by atoms with Crippen molar-refractivity contribution in [2.24, 2.45) is 17.8 Å². The molecule has 0 heterocycles. The van der Waals surface area contributed by atoms with Crippen LogP contribution in [0.5, 0.6) is 0 Å². The van der Waals surface area contributed by atoms with E-state index >= 15 is 0 Å². The van der Waals surface area contributed by atoms with Crippen LogP contribution in [0.4, 0.5) is 17.6 Å². The summed E-state index contributed by atoms with van der Waals surface area (Å²) in [5, 5.41) is 0. The summed E-state index contributed by atoms with van der Waals surface area (Å²) in [7, 11) is 0. The molecule has 2 aliphatic rings. The molecule has 1 saturated carbocycles. The monoisotopic (exact) mass is 484 g/mol. The van der Waals surface area contributed by atoms with E-state index in [0.717, 1.165) is 44.9 Å². The van der Waals surface area contributed by atoms with Gasteiger partial charge in [0.25, 0.3) is 0 Å². The van der Waals surface area contributed by atoms with Gasteiger partial charge in [0.1, 0.15) is 5.83 Å². The molecule has 0 aromatic heterocycles. The van der Waals surface area contributed by atoms with Gasteiger partial charge in [0.15, 0.2) is 17.5 Å². The number of hydrogen-bond acceptors (Lipinski definition) is 0. The molecule has 1 unspecified atom stereocenters. The molecule has 0 spiro atoms. The van der Waals surface area contributed by atoms with Crippen LogP contribution < -0.4 is 0 Å². The van der Waals surface area contributed by atoms with Crippen molar-refractivity contribution in [3.8, 4) is 11.1 Å². The van der Waals surface area contributed by atoms with Crippen LogP contribution in [0.25, 0.3) is 11.1 Å². The summed E-state index contributed by atoms with van der Waals surface area (Å²) in [5.74, 6) is -2.62. The second kappa shape index (κ2) is 11.6. The molecule has 35 heavy (non-hydrogen) atoms. The molecule has 0 aliphatic heterocycles. The summed E-state index contributed by atoms with van der Waals surface area (Å²) in [6.45, 7) is 4.00. The minimum atomic E-state index is -0.784. The van der Waals surface area contributed by atoms with E-state index < -0.39 is 23.3 Å². The Kier molecular flexibility index (Phi) is 8.51. The molecule has 0 radical (unpaired) electrons. The summed E-state index contributed by atoms with van der Waals surface area (Å²) in [4.78, 5) is 0. The standard InChI is InChI=1S/C31H36F4/c1-3-5-20-6-11-23(12-7-20)27-19-17-25(29(33)31(27)35)15-10-21-8-13-24(14-9-21)26-18-16-22(4-2)28(32)30(26)34/h6-7,11-12,17-19,21-22,24H,3-5,8-10,13-16H2,1-2H3. The number of halogens is 4. The molecule has 0 bridgehead atoms. The molecule has 0 N–H and O–H groups in total. The lowest BCUT2D eigenvalue weighted by Crippen LogP contribution is -2.19. The molecule has 188 valence electrons. The van der Waals surface area contributed by atoms with Crippen molar-refractivity contribution in [2.45, 2.75) is 78.1 Å². The Balaban J connectivity index is 1.34. The predicted molar refractivity (Wildman–Crippen MR) is 135 cm³/mol. The molecular formula is C31H36F4. The van der Waals surface area contributed by atoms with E-state index in [2.05, 4.69) is 6.92 Å². The van der Waals surface area contributed by atoms with Gasteiger partial charge in [-0.25, -0.2) is 17.6 Å². The summed E-state index contributed by atoms with van der Waals surface area (Å²) in [6.07, 6.45) is 9.80. The molecule has 0 amide bonds. The van der Waals surface area contributed by atoms with Gasteiger partial charge in [-0.05, 0) is 91.9 Å². The van der Waals surface area contributed by atoms with Crippen LogP contribution in [0.1, 0.15) is 76.3 Å². The fourth-order valence-electron chi connectivity index (χ4n) is 5.74. The van der Waals surface area contributed by atoms with Gasteiger partial charge in [-0.1, -0.05) is 62.7 Å². The number of hydrogen-bond donors (Lipinski definition) is 0. The van der Waals surface area contributed by atoms with E-state index in [4.69, 9.17) is 0 Å². The predicted octanol–water partition coefficient (Wildman–Crippen LogP) is 9.83. The first kappa shape index (κ1) is 25.7. The van der Waals surface area contributed by atoms with E-state index in [9.17, 15) is 17.6 Å². The minimum absolute atomic E-state index is 0.0620. The topological polar surface area (TPSA) is 0 Å². The van der Waals surface area contributed by atoms with Gasteiger partial charge in [-0.15, -0.1) is 0 Å². The zero-order valence-corrected chi connectivity index (χ0v) is 20.9. The third kappa shape index (κ3) is 5.73. The van der Waals surface area contributed by atoms with Crippen molar-refractivity contribution in [2.75, 3.05) is 0 Å². The van der Waals surface area contributed by atoms with Crippen LogP contribution in [0, 0.1) is 29.4 Å². The molecule has 4 rings (SSSR count). The lowest BCUT2D eigenvalue weighted by atomic mass is 9.74. The maximum absolute atomic E-state index is 14.9. The minimum Gasteiger partial charge on any atom is -0.208 e. The Hall–Kier alpha value is -2.36. The normalized spacial score (nSPS) is 22.9. The molecule has 1 fully saturated rings. The highest BCUT2D eigenvalue weighted by Gasteiger charge is 2.31. The van der Waals surface area contributed by atoms with E-state index in [-0.39, 0.29) is 11.8 Å². The van der Waals surface area contributed by atoms with Gasteiger partial charge in [0, 0.05) is 11.5 Å². The number of benzene rings is 2. The molecule has 2 aliphatic carbocycles. The Morgan fingerprint density at radius 3 is 2.17 bits per heavy atom. The highest BCUT2D eigenvalue weighted by atomic mass is 19.2. The average molecular weight is 485 g/mol. The van der Waals surface area contributed by atoms with Crippen molar-refractivity contribution >= 4 is 0 Å². The van der Waals surface area contributed by atoms with Crippen LogP contribution in [0.15, 0.2) is 59.7 Å². The van der Waals surface area contributed by atoms with E-state index in [1.807, 2.05) is 37.3 Å². The third-order valence-electron chi connectivity index (χ3n) is 8.01. The second-order valence-corrected chi connectivity index (χ2v) is 10.3.